The molecular formula is C8H16ClNO3. The van der Waals surface area contributed by atoms with Crippen molar-refractivity contribution in [2.75, 3.05) is 19.0 Å². The van der Waals surface area contributed by atoms with Gasteiger partial charge in [0, 0.05) is 22.8 Å². The van der Waals surface area contributed by atoms with Gasteiger partial charge in [0.15, 0.2) is 0 Å². The van der Waals surface area contributed by atoms with E-state index in [9.17, 15) is 10.1 Å². The first-order valence-electron chi connectivity index (χ1n) is 4.33. The summed E-state index contributed by atoms with van der Waals surface area (Å²) < 4.78 is 0. The van der Waals surface area contributed by atoms with Crippen LogP contribution in [0.25, 0.3) is 0 Å². The predicted octanol–water partition coefficient (Wildman–Crippen LogP) is 1.67. The highest BCUT2D eigenvalue weighted by Gasteiger charge is 2.29. The van der Waals surface area contributed by atoms with Crippen LogP contribution in [0.4, 0.5) is 0 Å². The van der Waals surface area contributed by atoms with E-state index in [1.807, 2.05) is 6.92 Å². The van der Waals surface area contributed by atoms with Gasteiger partial charge in [-0.25, -0.2) is 0 Å². The molecule has 0 bridgehead atoms. The van der Waals surface area contributed by atoms with Gasteiger partial charge in [-0.05, 0) is 19.3 Å². The fraction of sp³-hybridized carbons (Fsp3) is 1.00. The molecule has 0 radical (unpaired) electrons. The van der Waals surface area contributed by atoms with E-state index in [0.717, 1.165) is 6.42 Å². The predicted molar refractivity (Wildman–Crippen MR) is 51.6 cm³/mol. The number of alkyl halides is 1. The summed E-state index contributed by atoms with van der Waals surface area (Å²) in [6, 6.07) is 0. The van der Waals surface area contributed by atoms with Crippen molar-refractivity contribution in [1.82, 2.24) is 0 Å². The molecule has 0 unspecified atom stereocenters. The molecule has 0 aromatic carbocycles. The highest BCUT2D eigenvalue weighted by atomic mass is 35.5. The van der Waals surface area contributed by atoms with E-state index in [4.69, 9.17) is 16.7 Å². The van der Waals surface area contributed by atoms with E-state index in [0.29, 0.717) is 18.7 Å². The van der Waals surface area contributed by atoms with Gasteiger partial charge in [0.1, 0.15) is 0 Å². The van der Waals surface area contributed by atoms with E-state index in [1.54, 1.807) is 0 Å². The lowest BCUT2D eigenvalue weighted by Crippen LogP contribution is -2.28. The maximum atomic E-state index is 10.3. The third-order valence-corrected chi connectivity index (χ3v) is 2.41. The Morgan fingerprint density at radius 1 is 1.54 bits per heavy atom. The second-order valence-corrected chi connectivity index (χ2v) is 3.95. The van der Waals surface area contributed by atoms with Crippen LogP contribution in [0.3, 0.4) is 0 Å². The van der Waals surface area contributed by atoms with Crippen molar-refractivity contribution < 1.29 is 10.0 Å². The smallest absolute Gasteiger partial charge is 0.209 e. The lowest BCUT2D eigenvalue weighted by atomic mass is 9.83. The lowest BCUT2D eigenvalue weighted by molar-refractivity contribution is -0.497. The third kappa shape index (κ3) is 5.82. The number of rotatable bonds is 7. The van der Waals surface area contributed by atoms with Crippen molar-refractivity contribution in [3.63, 3.8) is 0 Å². The fourth-order valence-electron chi connectivity index (χ4n) is 1.36. The Bertz CT molecular complexity index is 165. The molecule has 0 heterocycles. The van der Waals surface area contributed by atoms with E-state index >= 15 is 0 Å². The molecule has 0 amide bonds. The van der Waals surface area contributed by atoms with Gasteiger partial charge in [0.25, 0.3) is 0 Å². The van der Waals surface area contributed by atoms with Gasteiger partial charge in [-0.15, -0.1) is 11.6 Å². The van der Waals surface area contributed by atoms with Crippen LogP contribution in [0.5, 0.6) is 0 Å². The van der Waals surface area contributed by atoms with Gasteiger partial charge < -0.3 is 5.11 Å². The van der Waals surface area contributed by atoms with E-state index < -0.39 is 5.41 Å². The highest BCUT2D eigenvalue weighted by molar-refractivity contribution is 6.17. The molecule has 0 aliphatic carbocycles. The summed E-state index contributed by atoms with van der Waals surface area (Å²) in [6.45, 7) is 1.72. The first kappa shape index (κ1) is 12.7. The number of halogens is 1. The minimum Gasteiger partial charge on any atom is -0.396 e. The molecule has 0 aliphatic heterocycles. The van der Waals surface area contributed by atoms with Crippen LogP contribution in [-0.4, -0.2) is 29.1 Å². The van der Waals surface area contributed by atoms with Gasteiger partial charge in [-0.1, -0.05) is 6.92 Å². The van der Waals surface area contributed by atoms with Crippen LogP contribution in [0.1, 0.15) is 26.2 Å². The van der Waals surface area contributed by atoms with Gasteiger partial charge in [-0.2, -0.15) is 0 Å². The third-order valence-electron chi connectivity index (χ3n) is 2.14. The number of aliphatic hydroxyl groups is 1. The van der Waals surface area contributed by atoms with Gasteiger partial charge in [0.05, 0.1) is 0 Å². The average molecular weight is 210 g/mol. The van der Waals surface area contributed by atoms with Crippen molar-refractivity contribution in [2.45, 2.75) is 26.2 Å². The van der Waals surface area contributed by atoms with Crippen molar-refractivity contribution in [1.29, 1.82) is 0 Å². The van der Waals surface area contributed by atoms with E-state index in [2.05, 4.69) is 0 Å². The summed E-state index contributed by atoms with van der Waals surface area (Å²) in [5, 5.41) is 19.1. The zero-order valence-corrected chi connectivity index (χ0v) is 8.59. The Hall–Kier alpha value is -0.350. The molecule has 0 saturated heterocycles. The number of nitrogens with zero attached hydrogens (tertiary/aromatic N) is 1. The molecule has 0 aromatic heterocycles. The summed E-state index contributed by atoms with van der Waals surface area (Å²) in [7, 11) is 0. The molecule has 13 heavy (non-hydrogen) atoms. The standard InChI is InChI=1S/C8H16ClNO3/c1-8(4-6-11,3-2-5-9)7-10(12)13/h11H,2-7H2,1H3/t8-/m1/s1. The zero-order valence-electron chi connectivity index (χ0n) is 7.83. The zero-order chi connectivity index (χ0) is 10.3. The lowest BCUT2D eigenvalue weighted by Gasteiger charge is -2.23. The van der Waals surface area contributed by atoms with Crippen molar-refractivity contribution in [3.8, 4) is 0 Å². The molecule has 0 fully saturated rings. The normalized spacial score (nSPS) is 15.3. The Labute approximate surface area is 83.0 Å². The largest absolute Gasteiger partial charge is 0.396 e. The van der Waals surface area contributed by atoms with Crippen LogP contribution < -0.4 is 0 Å². The number of hydrogen-bond acceptors (Lipinski definition) is 3. The first-order valence-corrected chi connectivity index (χ1v) is 4.86. The Morgan fingerprint density at radius 2 is 2.15 bits per heavy atom. The van der Waals surface area contributed by atoms with Gasteiger partial charge in [0.2, 0.25) is 6.54 Å². The number of nitro groups is 1. The summed E-state index contributed by atoms with van der Waals surface area (Å²) in [6.07, 6.45) is 1.91. The molecule has 0 aromatic rings. The Balaban J connectivity index is 4.06. The minimum absolute atomic E-state index is 0.00732. The molecule has 1 atom stereocenters. The van der Waals surface area contributed by atoms with Crippen LogP contribution >= 0.6 is 11.6 Å². The van der Waals surface area contributed by atoms with Gasteiger partial charge >= 0.3 is 0 Å². The van der Waals surface area contributed by atoms with Crippen molar-refractivity contribution in [2.24, 2.45) is 5.41 Å². The van der Waals surface area contributed by atoms with Crippen molar-refractivity contribution in [3.05, 3.63) is 10.1 Å². The molecule has 78 valence electrons. The van der Waals surface area contributed by atoms with E-state index in [-0.39, 0.29) is 18.1 Å². The van der Waals surface area contributed by atoms with Crippen LogP contribution in [0.15, 0.2) is 0 Å². The topological polar surface area (TPSA) is 63.4 Å². The number of hydrogen-bond donors (Lipinski definition) is 1. The minimum atomic E-state index is -0.410. The maximum absolute atomic E-state index is 10.3. The molecule has 4 nitrogen and oxygen atoms in total. The summed E-state index contributed by atoms with van der Waals surface area (Å²) >= 11 is 5.51. The molecule has 1 N–H and O–H groups in total. The van der Waals surface area contributed by atoms with Crippen LogP contribution in [0.2, 0.25) is 0 Å². The van der Waals surface area contributed by atoms with Crippen molar-refractivity contribution >= 4 is 11.6 Å². The second-order valence-electron chi connectivity index (χ2n) is 3.57. The van der Waals surface area contributed by atoms with Crippen LogP contribution in [0, 0.1) is 15.5 Å². The van der Waals surface area contributed by atoms with Crippen LogP contribution in [-0.2, 0) is 0 Å². The molecule has 0 rings (SSSR count). The summed E-state index contributed by atoms with van der Waals surface area (Å²) in [5.41, 5.74) is -0.410. The highest BCUT2D eigenvalue weighted by Crippen LogP contribution is 2.27. The molecule has 5 heteroatoms. The molecule has 0 saturated carbocycles. The SMILES string of the molecule is C[C@](CCO)(CCCCl)C[N+](=O)[O-]. The Morgan fingerprint density at radius 3 is 2.54 bits per heavy atom. The maximum Gasteiger partial charge on any atom is 0.209 e. The molecule has 0 spiro atoms. The fourth-order valence-corrected chi connectivity index (χ4v) is 1.49. The second kappa shape index (κ2) is 6.16. The van der Waals surface area contributed by atoms with E-state index in [1.165, 1.54) is 0 Å². The summed E-state index contributed by atoms with van der Waals surface area (Å²) in [5.74, 6) is 0.513. The molecule has 0 aliphatic rings. The Kier molecular flexibility index (Phi) is 5.99. The van der Waals surface area contributed by atoms with Gasteiger partial charge in [-0.3, -0.25) is 10.1 Å². The quantitative estimate of drug-likeness (QED) is 0.394. The first-order chi connectivity index (χ1) is 6.04. The average Bonchev–Trinajstić information content (AvgIpc) is 2.00. The molecular weight excluding hydrogens is 194 g/mol. The number of aliphatic hydroxyl groups excluding tert-OH is 1. The monoisotopic (exact) mass is 209 g/mol. The summed E-state index contributed by atoms with van der Waals surface area (Å²) in [4.78, 5) is 10.0.